The number of nitrogens with one attached hydrogen (secondary N) is 1. The minimum Gasteiger partial charge on any atom is -0.348 e. The highest BCUT2D eigenvalue weighted by Gasteiger charge is 2.11. The van der Waals surface area contributed by atoms with Crippen LogP contribution >= 0.6 is 0 Å². The highest BCUT2D eigenvalue weighted by atomic mass is 16.1. The molecule has 0 spiro atoms. The highest BCUT2D eigenvalue weighted by molar-refractivity contribution is 5.91. The van der Waals surface area contributed by atoms with Crippen LogP contribution in [0.1, 0.15) is 35.2 Å². The number of benzene rings is 2. The molecule has 3 aromatic rings. The van der Waals surface area contributed by atoms with Crippen LogP contribution in [0.5, 0.6) is 0 Å². The first-order valence-electron chi connectivity index (χ1n) is 10.4. The normalized spacial score (nSPS) is 14.4. The summed E-state index contributed by atoms with van der Waals surface area (Å²) in [6, 6.07) is 18.6. The molecule has 1 aromatic heterocycles. The quantitative estimate of drug-likeness (QED) is 0.589. The molecule has 6 nitrogen and oxygen atoms in total. The molecule has 1 N–H and O–H groups in total. The van der Waals surface area contributed by atoms with Crippen LogP contribution in [-0.4, -0.2) is 38.9 Å². The van der Waals surface area contributed by atoms with Crippen molar-refractivity contribution in [1.29, 1.82) is 0 Å². The molecular formula is C24H27N5O. The molecule has 1 aliphatic heterocycles. The average Bonchev–Trinajstić information content (AvgIpc) is 3.45. The Morgan fingerprint density at radius 2 is 1.63 bits per heavy atom. The van der Waals surface area contributed by atoms with Crippen molar-refractivity contribution in [1.82, 2.24) is 25.2 Å². The molecule has 154 valence electrons. The zero-order valence-electron chi connectivity index (χ0n) is 17.1. The topological polar surface area (TPSA) is 63.1 Å². The van der Waals surface area contributed by atoms with E-state index >= 15 is 0 Å². The number of carbonyl (C=O) groups is 1. The smallest absolute Gasteiger partial charge is 0.244 e. The van der Waals surface area contributed by atoms with Crippen LogP contribution in [0.15, 0.2) is 66.9 Å². The van der Waals surface area contributed by atoms with Gasteiger partial charge in [-0.05, 0) is 48.7 Å². The van der Waals surface area contributed by atoms with Crippen molar-refractivity contribution in [3.05, 3.63) is 89.3 Å². The molecular weight excluding hydrogens is 374 g/mol. The van der Waals surface area contributed by atoms with Gasteiger partial charge >= 0.3 is 0 Å². The van der Waals surface area contributed by atoms with Gasteiger partial charge < -0.3 is 5.32 Å². The summed E-state index contributed by atoms with van der Waals surface area (Å²) in [7, 11) is 0. The summed E-state index contributed by atoms with van der Waals surface area (Å²) >= 11 is 0. The molecule has 30 heavy (non-hydrogen) atoms. The predicted molar refractivity (Wildman–Crippen MR) is 117 cm³/mol. The number of hydrogen-bond acceptors (Lipinski definition) is 4. The first kappa shape index (κ1) is 20.0. The molecule has 0 bridgehead atoms. The van der Waals surface area contributed by atoms with E-state index in [2.05, 4.69) is 44.8 Å². The molecule has 1 amide bonds. The van der Waals surface area contributed by atoms with Crippen LogP contribution in [0.3, 0.4) is 0 Å². The Bertz CT molecular complexity index is 972. The number of nitrogens with zero attached hydrogens (tertiary/aromatic N) is 4. The number of carbonyl (C=O) groups excluding carboxylic acids is 1. The van der Waals surface area contributed by atoms with Gasteiger partial charge in [0.1, 0.15) is 5.69 Å². The summed E-state index contributed by atoms with van der Waals surface area (Å²) in [6.07, 6.45) is 7.62. The lowest BCUT2D eigenvalue weighted by Crippen LogP contribution is -2.20. The van der Waals surface area contributed by atoms with Crippen LogP contribution in [0.2, 0.25) is 0 Å². The van der Waals surface area contributed by atoms with Crippen LogP contribution in [0.25, 0.3) is 6.08 Å². The summed E-state index contributed by atoms with van der Waals surface area (Å²) < 4.78 is 1.76. The van der Waals surface area contributed by atoms with Gasteiger partial charge in [-0.2, -0.15) is 0 Å². The maximum absolute atomic E-state index is 12.1. The Labute approximate surface area is 177 Å². The molecule has 4 rings (SSSR count). The SMILES string of the molecule is O=C(/C=C/c1cn(Cc2ccccc2)nn1)NCc1ccc(CN2CCCC2)cc1. The summed E-state index contributed by atoms with van der Waals surface area (Å²) in [6.45, 7) is 4.57. The largest absolute Gasteiger partial charge is 0.348 e. The Hall–Kier alpha value is -3.25. The highest BCUT2D eigenvalue weighted by Crippen LogP contribution is 2.13. The molecule has 2 aromatic carbocycles. The summed E-state index contributed by atoms with van der Waals surface area (Å²) in [5.74, 6) is -0.145. The van der Waals surface area contributed by atoms with Crippen molar-refractivity contribution < 1.29 is 4.79 Å². The van der Waals surface area contributed by atoms with Crippen LogP contribution in [0.4, 0.5) is 0 Å². The van der Waals surface area contributed by atoms with Gasteiger partial charge in [0.15, 0.2) is 0 Å². The first-order chi connectivity index (χ1) is 14.7. The first-order valence-corrected chi connectivity index (χ1v) is 10.4. The fraction of sp³-hybridized carbons (Fsp3) is 0.292. The minimum atomic E-state index is -0.145. The second kappa shape index (κ2) is 9.98. The lowest BCUT2D eigenvalue weighted by atomic mass is 10.1. The molecule has 0 aliphatic carbocycles. The molecule has 0 saturated carbocycles. The molecule has 1 aliphatic rings. The van der Waals surface area contributed by atoms with E-state index in [1.165, 1.54) is 37.6 Å². The van der Waals surface area contributed by atoms with Crippen molar-refractivity contribution in [2.75, 3.05) is 13.1 Å². The molecule has 1 saturated heterocycles. The van der Waals surface area contributed by atoms with Gasteiger partial charge in [0, 0.05) is 19.2 Å². The van der Waals surface area contributed by atoms with Crippen LogP contribution < -0.4 is 5.32 Å². The Morgan fingerprint density at radius 3 is 2.40 bits per heavy atom. The van der Waals surface area contributed by atoms with Gasteiger partial charge in [-0.15, -0.1) is 5.10 Å². The fourth-order valence-corrected chi connectivity index (χ4v) is 3.61. The van der Waals surface area contributed by atoms with Crippen molar-refractivity contribution in [3.8, 4) is 0 Å². The summed E-state index contributed by atoms with van der Waals surface area (Å²) in [5, 5.41) is 11.1. The van der Waals surface area contributed by atoms with E-state index in [9.17, 15) is 4.79 Å². The van der Waals surface area contributed by atoms with Gasteiger partial charge in [0.2, 0.25) is 5.91 Å². The van der Waals surface area contributed by atoms with Crippen LogP contribution in [0, 0.1) is 0 Å². The molecule has 0 radical (unpaired) electrons. The van der Waals surface area contributed by atoms with Gasteiger partial charge in [0.25, 0.3) is 0 Å². The van der Waals surface area contributed by atoms with Gasteiger partial charge in [0.05, 0.1) is 12.7 Å². The summed E-state index contributed by atoms with van der Waals surface area (Å²) in [5.41, 5.74) is 4.23. The monoisotopic (exact) mass is 401 g/mol. The standard InChI is InChI=1S/C24H27N5O/c30-24(13-12-23-19-29(27-26-23)18-21-6-2-1-3-7-21)25-16-20-8-10-22(11-9-20)17-28-14-4-5-15-28/h1-3,6-13,19H,4-5,14-18H2,(H,25,30)/b13-12+. The Balaban J connectivity index is 1.23. The lowest BCUT2D eigenvalue weighted by molar-refractivity contribution is -0.116. The van der Waals surface area contributed by atoms with Crippen molar-refractivity contribution >= 4 is 12.0 Å². The predicted octanol–water partition coefficient (Wildman–Crippen LogP) is 3.25. The summed E-state index contributed by atoms with van der Waals surface area (Å²) in [4.78, 5) is 14.6. The van der Waals surface area contributed by atoms with Crippen molar-refractivity contribution in [2.45, 2.75) is 32.5 Å². The second-order valence-electron chi connectivity index (χ2n) is 7.68. The molecule has 1 fully saturated rings. The van der Waals surface area contributed by atoms with E-state index in [0.29, 0.717) is 18.8 Å². The van der Waals surface area contributed by atoms with Crippen molar-refractivity contribution in [2.24, 2.45) is 0 Å². The van der Waals surface area contributed by atoms with Crippen LogP contribution in [-0.2, 0) is 24.4 Å². The minimum absolute atomic E-state index is 0.145. The fourth-order valence-electron chi connectivity index (χ4n) is 3.61. The number of likely N-dealkylation sites (tertiary alicyclic amines) is 1. The van der Waals surface area contributed by atoms with E-state index in [-0.39, 0.29) is 5.91 Å². The van der Waals surface area contributed by atoms with E-state index in [4.69, 9.17) is 0 Å². The van der Waals surface area contributed by atoms with E-state index in [1.54, 1.807) is 10.8 Å². The second-order valence-corrected chi connectivity index (χ2v) is 7.68. The van der Waals surface area contributed by atoms with E-state index in [0.717, 1.165) is 17.7 Å². The molecule has 6 heteroatoms. The Kier molecular flexibility index (Phi) is 6.67. The van der Waals surface area contributed by atoms with E-state index in [1.807, 2.05) is 36.5 Å². The Morgan fingerprint density at radius 1 is 0.933 bits per heavy atom. The van der Waals surface area contributed by atoms with Gasteiger partial charge in [-0.25, -0.2) is 4.68 Å². The number of amides is 1. The number of rotatable bonds is 8. The van der Waals surface area contributed by atoms with Crippen molar-refractivity contribution in [3.63, 3.8) is 0 Å². The number of hydrogen-bond donors (Lipinski definition) is 1. The van der Waals surface area contributed by atoms with Gasteiger partial charge in [-0.3, -0.25) is 9.69 Å². The van der Waals surface area contributed by atoms with Gasteiger partial charge in [-0.1, -0.05) is 59.8 Å². The zero-order chi connectivity index (χ0) is 20.6. The third-order valence-electron chi connectivity index (χ3n) is 5.24. The maximum atomic E-state index is 12.1. The van der Waals surface area contributed by atoms with E-state index < -0.39 is 0 Å². The number of aromatic nitrogens is 3. The molecule has 2 heterocycles. The average molecular weight is 402 g/mol. The third-order valence-corrected chi connectivity index (χ3v) is 5.24. The lowest BCUT2D eigenvalue weighted by Gasteiger charge is -2.14. The maximum Gasteiger partial charge on any atom is 0.244 e. The molecule has 0 unspecified atom stereocenters. The zero-order valence-corrected chi connectivity index (χ0v) is 17.1. The third kappa shape index (κ3) is 5.87. The molecule has 0 atom stereocenters.